The molecule has 0 saturated carbocycles. The molecule has 0 bridgehead atoms. The fourth-order valence-electron chi connectivity index (χ4n) is 2.57. The summed E-state index contributed by atoms with van der Waals surface area (Å²) < 4.78 is 0. The van der Waals surface area contributed by atoms with Crippen LogP contribution in [0.15, 0.2) is 42.1 Å². The van der Waals surface area contributed by atoms with Crippen molar-refractivity contribution in [3.63, 3.8) is 0 Å². The molecule has 1 aliphatic heterocycles. The van der Waals surface area contributed by atoms with E-state index < -0.39 is 6.09 Å². The van der Waals surface area contributed by atoms with Crippen LogP contribution in [0.2, 0.25) is 0 Å². The summed E-state index contributed by atoms with van der Waals surface area (Å²) in [6, 6.07) is 7.18. The van der Waals surface area contributed by atoms with Crippen LogP contribution >= 0.6 is 0 Å². The van der Waals surface area contributed by atoms with Gasteiger partial charge in [-0.2, -0.15) is 0 Å². The minimum Gasteiger partial charge on any atom is -0.465 e. The molecule has 0 spiro atoms. The Labute approximate surface area is 128 Å². The fraction of sp³-hybridized carbons (Fsp3) is 0.176. The number of terminal acetylenes is 1. The first-order chi connectivity index (χ1) is 10.6. The van der Waals surface area contributed by atoms with Crippen molar-refractivity contribution in [2.75, 3.05) is 6.54 Å². The number of carboxylic acid groups (broad SMARTS) is 1. The van der Waals surface area contributed by atoms with E-state index in [2.05, 4.69) is 15.9 Å². The lowest BCUT2D eigenvalue weighted by molar-refractivity contribution is 0.142. The van der Waals surface area contributed by atoms with Crippen molar-refractivity contribution in [2.45, 2.75) is 13.0 Å². The summed E-state index contributed by atoms with van der Waals surface area (Å²) in [7, 11) is 0. The maximum Gasteiger partial charge on any atom is 0.408 e. The van der Waals surface area contributed by atoms with Gasteiger partial charge in [-0.05, 0) is 24.6 Å². The second kappa shape index (κ2) is 5.41. The third-order valence-corrected chi connectivity index (χ3v) is 3.68. The van der Waals surface area contributed by atoms with E-state index in [-0.39, 0.29) is 6.04 Å². The van der Waals surface area contributed by atoms with Gasteiger partial charge in [-0.3, -0.25) is 4.90 Å². The maximum atomic E-state index is 11.3. The predicted molar refractivity (Wildman–Crippen MR) is 83.2 cm³/mol. The summed E-state index contributed by atoms with van der Waals surface area (Å²) in [5.74, 6) is 3.19. The number of hydrogen-bond donors (Lipinski definition) is 2. The number of imidazole rings is 1. The molecule has 1 aliphatic rings. The summed E-state index contributed by atoms with van der Waals surface area (Å²) in [5, 5.41) is 9.28. The van der Waals surface area contributed by atoms with Crippen molar-refractivity contribution in [2.24, 2.45) is 0 Å². The van der Waals surface area contributed by atoms with E-state index in [1.165, 1.54) is 4.90 Å². The van der Waals surface area contributed by atoms with Crippen LogP contribution in [-0.2, 0) is 0 Å². The zero-order valence-corrected chi connectivity index (χ0v) is 12.1. The molecule has 0 aliphatic carbocycles. The molecule has 1 aromatic carbocycles. The van der Waals surface area contributed by atoms with Gasteiger partial charge in [0, 0.05) is 12.1 Å². The molecule has 1 amide bonds. The van der Waals surface area contributed by atoms with Gasteiger partial charge in [0.1, 0.15) is 11.9 Å². The lowest BCUT2D eigenvalue weighted by Crippen LogP contribution is -2.30. The molecule has 1 aromatic heterocycles. The predicted octanol–water partition coefficient (Wildman–Crippen LogP) is 3.04. The molecule has 1 unspecified atom stereocenters. The number of amides is 1. The molecular formula is C17H15N3O2. The number of aromatic nitrogens is 2. The quantitative estimate of drug-likeness (QED) is 0.660. The fourth-order valence-corrected chi connectivity index (χ4v) is 2.57. The van der Waals surface area contributed by atoms with Gasteiger partial charge in [0.25, 0.3) is 0 Å². The van der Waals surface area contributed by atoms with Crippen molar-refractivity contribution in [1.82, 2.24) is 14.9 Å². The number of nitrogens with zero attached hydrogens (tertiary/aromatic N) is 2. The number of benzene rings is 1. The largest absolute Gasteiger partial charge is 0.465 e. The van der Waals surface area contributed by atoms with Crippen molar-refractivity contribution >= 4 is 6.09 Å². The maximum absolute atomic E-state index is 11.3. The van der Waals surface area contributed by atoms with E-state index in [4.69, 9.17) is 6.42 Å². The molecule has 2 heterocycles. The van der Waals surface area contributed by atoms with Crippen LogP contribution in [0.1, 0.15) is 24.4 Å². The Hall–Kier alpha value is -3.00. The topological polar surface area (TPSA) is 69.2 Å². The normalized spacial score (nSPS) is 17.2. The summed E-state index contributed by atoms with van der Waals surface area (Å²) in [6.07, 6.45) is 8.02. The Balaban J connectivity index is 1.90. The van der Waals surface area contributed by atoms with E-state index in [0.29, 0.717) is 12.4 Å². The van der Waals surface area contributed by atoms with Gasteiger partial charge < -0.3 is 10.1 Å². The SMILES string of the molecule is C#Cc1ccc(-c2cnc(C3C=C(C)CN3C(=O)O)[nH]2)cc1. The van der Waals surface area contributed by atoms with Crippen LogP contribution in [-0.4, -0.2) is 32.6 Å². The molecule has 3 rings (SSSR count). The van der Waals surface area contributed by atoms with E-state index >= 15 is 0 Å². The highest BCUT2D eigenvalue weighted by Crippen LogP contribution is 2.29. The summed E-state index contributed by atoms with van der Waals surface area (Å²) >= 11 is 0. The lowest BCUT2D eigenvalue weighted by atomic mass is 10.1. The van der Waals surface area contributed by atoms with Gasteiger partial charge in [-0.15, -0.1) is 6.42 Å². The molecule has 2 N–H and O–H groups in total. The number of carbonyl (C=O) groups is 1. The van der Waals surface area contributed by atoms with E-state index in [9.17, 15) is 9.90 Å². The van der Waals surface area contributed by atoms with Gasteiger partial charge in [0.15, 0.2) is 0 Å². The first kappa shape index (κ1) is 14.0. The molecule has 2 aromatic rings. The molecule has 0 radical (unpaired) electrons. The first-order valence-electron chi connectivity index (χ1n) is 6.87. The third kappa shape index (κ3) is 2.47. The van der Waals surface area contributed by atoms with Crippen LogP contribution in [0.3, 0.4) is 0 Å². The smallest absolute Gasteiger partial charge is 0.408 e. The average molecular weight is 293 g/mol. The Kier molecular flexibility index (Phi) is 3.43. The van der Waals surface area contributed by atoms with E-state index in [1.54, 1.807) is 6.20 Å². The highest BCUT2D eigenvalue weighted by Gasteiger charge is 2.30. The van der Waals surface area contributed by atoms with Gasteiger partial charge >= 0.3 is 6.09 Å². The molecule has 110 valence electrons. The Bertz CT molecular complexity index is 781. The number of H-pyrrole nitrogens is 1. The van der Waals surface area contributed by atoms with Crippen LogP contribution in [0.4, 0.5) is 4.79 Å². The number of nitrogens with one attached hydrogen (secondary N) is 1. The van der Waals surface area contributed by atoms with Crippen LogP contribution < -0.4 is 0 Å². The minimum atomic E-state index is -0.950. The zero-order chi connectivity index (χ0) is 15.7. The zero-order valence-electron chi connectivity index (χ0n) is 12.1. The van der Waals surface area contributed by atoms with E-state index in [0.717, 1.165) is 22.4 Å². The second-order valence-corrected chi connectivity index (χ2v) is 5.27. The first-order valence-corrected chi connectivity index (χ1v) is 6.87. The van der Waals surface area contributed by atoms with Crippen molar-refractivity contribution < 1.29 is 9.90 Å². The molecule has 0 fully saturated rings. The lowest BCUT2D eigenvalue weighted by Gasteiger charge is -2.19. The highest BCUT2D eigenvalue weighted by molar-refractivity contribution is 5.68. The molecule has 22 heavy (non-hydrogen) atoms. The Morgan fingerprint density at radius 2 is 2.18 bits per heavy atom. The summed E-state index contributed by atoms with van der Waals surface area (Å²) in [6.45, 7) is 2.32. The summed E-state index contributed by atoms with van der Waals surface area (Å²) in [4.78, 5) is 20.2. The summed E-state index contributed by atoms with van der Waals surface area (Å²) in [5.41, 5.74) is 3.62. The molecule has 1 atom stereocenters. The Morgan fingerprint density at radius 3 is 2.82 bits per heavy atom. The Morgan fingerprint density at radius 1 is 1.45 bits per heavy atom. The van der Waals surface area contributed by atoms with Crippen molar-refractivity contribution in [3.8, 4) is 23.6 Å². The highest BCUT2D eigenvalue weighted by atomic mass is 16.4. The molecule has 5 nitrogen and oxygen atoms in total. The number of aromatic amines is 1. The van der Waals surface area contributed by atoms with Crippen LogP contribution in [0, 0.1) is 12.3 Å². The van der Waals surface area contributed by atoms with E-state index in [1.807, 2.05) is 37.3 Å². The molecule has 5 heteroatoms. The van der Waals surface area contributed by atoms with Gasteiger partial charge in [0.2, 0.25) is 0 Å². The van der Waals surface area contributed by atoms with Gasteiger partial charge in [-0.25, -0.2) is 9.78 Å². The number of hydrogen-bond acceptors (Lipinski definition) is 2. The molecule has 0 saturated heterocycles. The minimum absolute atomic E-state index is 0.365. The van der Waals surface area contributed by atoms with Crippen LogP contribution in [0.25, 0.3) is 11.3 Å². The van der Waals surface area contributed by atoms with Crippen molar-refractivity contribution in [3.05, 3.63) is 53.5 Å². The third-order valence-electron chi connectivity index (χ3n) is 3.68. The van der Waals surface area contributed by atoms with Gasteiger partial charge in [-0.1, -0.05) is 29.7 Å². The monoisotopic (exact) mass is 293 g/mol. The van der Waals surface area contributed by atoms with Crippen LogP contribution in [0.5, 0.6) is 0 Å². The molecular weight excluding hydrogens is 278 g/mol. The second-order valence-electron chi connectivity index (χ2n) is 5.27. The standard InChI is InChI=1S/C17H15N3O2/c1-3-12-4-6-13(7-5-12)14-9-18-16(19-14)15-8-11(2)10-20(15)17(21)22/h1,4-9,15H,10H2,2H3,(H,18,19)(H,21,22). The van der Waals surface area contributed by atoms with Gasteiger partial charge in [0.05, 0.1) is 11.9 Å². The van der Waals surface area contributed by atoms with Crippen molar-refractivity contribution in [1.29, 1.82) is 0 Å². The number of rotatable bonds is 2. The average Bonchev–Trinajstić information content (AvgIpc) is 3.13.